The first-order valence-corrected chi connectivity index (χ1v) is 11.3. The lowest BCUT2D eigenvalue weighted by atomic mass is 10.2. The van der Waals surface area contributed by atoms with Gasteiger partial charge in [0.25, 0.3) is 5.91 Å². The number of aryl methyl sites for hydroxylation is 1. The molecule has 4 rings (SSSR count). The first kappa shape index (κ1) is 23.4. The minimum absolute atomic E-state index is 0.0110. The number of anilines is 1. The molecule has 0 unspecified atom stereocenters. The Morgan fingerprint density at radius 3 is 2.44 bits per heavy atom. The van der Waals surface area contributed by atoms with Crippen LogP contribution in [0.15, 0.2) is 54.7 Å². The Hall–Kier alpha value is -3.76. The Morgan fingerprint density at radius 2 is 1.76 bits per heavy atom. The molecule has 174 valence electrons. The smallest absolute Gasteiger partial charge is 0.267 e. The summed E-state index contributed by atoms with van der Waals surface area (Å²) in [6.45, 7) is 1.91. The molecule has 0 fully saturated rings. The number of aromatic nitrogens is 1. The summed E-state index contributed by atoms with van der Waals surface area (Å²) in [4.78, 5) is 18.1. The van der Waals surface area contributed by atoms with Gasteiger partial charge in [-0.15, -0.1) is 11.3 Å². The zero-order valence-electron chi connectivity index (χ0n) is 18.5. The maximum absolute atomic E-state index is 14.8. The van der Waals surface area contributed by atoms with E-state index in [9.17, 15) is 9.18 Å². The first-order chi connectivity index (χ1) is 16.4. The summed E-state index contributed by atoms with van der Waals surface area (Å²) < 4.78 is 31.3. The Balaban J connectivity index is 1.50. The van der Waals surface area contributed by atoms with Crippen molar-refractivity contribution in [2.45, 2.75) is 6.92 Å². The van der Waals surface area contributed by atoms with Crippen LogP contribution in [-0.4, -0.2) is 30.2 Å². The number of amides is 1. The van der Waals surface area contributed by atoms with Gasteiger partial charge in [0.1, 0.15) is 5.75 Å². The predicted molar refractivity (Wildman–Crippen MR) is 134 cm³/mol. The minimum Gasteiger partial charge on any atom is -0.493 e. The summed E-state index contributed by atoms with van der Waals surface area (Å²) in [6, 6.07) is 12.9. The highest BCUT2D eigenvalue weighted by Crippen LogP contribution is 2.37. The maximum Gasteiger partial charge on any atom is 0.267 e. The Labute approximate surface area is 204 Å². The average Bonchev–Trinajstić information content (AvgIpc) is 3.26. The molecule has 0 spiro atoms. The Morgan fingerprint density at radius 1 is 1.00 bits per heavy atom. The molecule has 2 heterocycles. The molecule has 10 heteroatoms. The van der Waals surface area contributed by atoms with E-state index in [2.05, 4.69) is 15.6 Å². The van der Waals surface area contributed by atoms with Crippen molar-refractivity contribution in [3.05, 3.63) is 70.3 Å². The lowest BCUT2D eigenvalue weighted by Crippen LogP contribution is -2.33. The molecule has 0 aliphatic rings. The van der Waals surface area contributed by atoms with E-state index in [1.807, 2.05) is 13.0 Å². The van der Waals surface area contributed by atoms with Gasteiger partial charge in [0, 0.05) is 34.3 Å². The van der Waals surface area contributed by atoms with Crippen molar-refractivity contribution in [3.8, 4) is 23.0 Å². The van der Waals surface area contributed by atoms with Gasteiger partial charge in [-0.05, 0) is 55.5 Å². The quantitative estimate of drug-likeness (QED) is 0.332. The summed E-state index contributed by atoms with van der Waals surface area (Å²) in [7, 11) is 3.07. The number of halogens is 1. The number of thiocarbonyl (C=S) groups is 1. The summed E-state index contributed by atoms with van der Waals surface area (Å²) in [5.41, 5.74) is 0.972. The molecule has 0 aliphatic heterocycles. The van der Waals surface area contributed by atoms with E-state index in [0.29, 0.717) is 38.7 Å². The second-order valence-electron chi connectivity index (χ2n) is 7.10. The number of pyridine rings is 1. The molecule has 0 aliphatic carbocycles. The van der Waals surface area contributed by atoms with Crippen LogP contribution in [0.2, 0.25) is 0 Å². The third-order valence-corrected chi connectivity index (χ3v) is 6.01. The summed E-state index contributed by atoms with van der Waals surface area (Å²) >= 11 is 6.54. The van der Waals surface area contributed by atoms with Crippen molar-refractivity contribution in [3.63, 3.8) is 0 Å². The zero-order chi connectivity index (χ0) is 24.2. The molecule has 2 aromatic carbocycles. The van der Waals surface area contributed by atoms with E-state index in [-0.39, 0.29) is 16.8 Å². The van der Waals surface area contributed by atoms with Crippen LogP contribution in [0.4, 0.5) is 10.1 Å². The van der Waals surface area contributed by atoms with Crippen molar-refractivity contribution >= 4 is 51.2 Å². The SMILES string of the molecule is COc1cc2nccc(Oc3ccc(NC(=S)NC(=O)c4ccc(C)s4)cc3F)c2cc1OC. The molecule has 0 atom stereocenters. The van der Waals surface area contributed by atoms with Crippen molar-refractivity contribution < 1.29 is 23.4 Å². The number of nitrogens with one attached hydrogen (secondary N) is 2. The van der Waals surface area contributed by atoms with E-state index in [0.717, 1.165) is 4.88 Å². The monoisotopic (exact) mass is 497 g/mol. The van der Waals surface area contributed by atoms with Crippen LogP contribution in [-0.2, 0) is 0 Å². The number of ether oxygens (including phenoxy) is 3. The standard InChI is InChI=1S/C24H20FN3O4S2/c1-13-4-7-22(34-13)23(29)28-24(33)27-14-5-6-19(16(25)10-14)32-18-8-9-26-17-12-21(31-3)20(30-2)11-15(17)18/h4-12H,1-3H3,(H2,27,28,29,33). The summed E-state index contributed by atoms with van der Waals surface area (Å²) in [6.07, 6.45) is 1.56. The molecular weight excluding hydrogens is 477 g/mol. The lowest BCUT2D eigenvalue weighted by Gasteiger charge is -2.13. The number of hydrogen-bond donors (Lipinski definition) is 2. The van der Waals surface area contributed by atoms with Gasteiger partial charge in [-0.3, -0.25) is 15.1 Å². The van der Waals surface area contributed by atoms with E-state index in [4.69, 9.17) is 26.4 Å². The van der Waals surface area contributed by atoms with Gasteiger partial charge in [0.15, 0.2) is 28.2 Å². The lowest BCUT2D eigenvalue weighted by molar-refractivity contribution is 0.0981. The second kappa shape index (κ2) is 10.0. The fourth-order valence-electron chi connectivity index (χ4n) is 3.20. The van der Waals surface area contributed by atoms with Crippen LogP contribution in [0.5, 0.6) is 23.0 Å². The van der Waals surface area contributed by atoms with Gasteiger partial charge < -0.3 is 19.5 Å². The number of carbonyl (C=O) groups is 1. The molecule has 4 aromatic rings. The van der Waals surface area contributed by atoms with Gasteiger partial charge in [-0.2, -0.15) is 0 Å². The molecule has 7 nitrogen and oxygen atoms in total. The van der Waals surface area contributed by atoms with Crippen molar-refractivity contribution in [1.82, 2.24) is 10.3 Å². The highest BCUT2D eigenvalue weighted by Gasteiger charge is 2.14. The molecule has 34 heavy (non-hydrogen) atoms. The van der Waals surface area contributed by atoms with Crippen LogP contribution >= 0.6 is 23.6 Å². The number of thiophene rings is 1. The number of hydrogen-bond acceptors (Lipinski definition) is 7. The molecular formula is C24H20FN3O4S2. The van der Waals surface area contributed by atoms with Crippen molar-refractivity contribution in [2.75, 3.05) is 19.5 Å². The average molecular weight is 498 g/mol. The highest BCUT2D eigenvalue weighted by molar-refractivity contribution is 7.80. The highest BCUT2D eigenvalue weighted by atomic mass is 32.1. The minimum atomic E-state index is -0.613. The van der Waals surface area contributed by atoms with Crippen LogP contribution in [0.3, 0.4) is 0 Å². The summed E-state index contributed by atoms with van der Waals surface area (Å²) in [5.74, 6) is 0.502. The van der Waals surface area contributed by atoms with E-state index < -0.39 is 5.82 Å². The van der Waals surface area contributed by atoms with Crippen molar-refractivity contribution in [1.29, 1.82) is 0 Å². The molecule has 0 radical (unpaired) electrons. The van der Waals surface area contributed by atoms with Crippen LogP contribution in [0, 0.1) is 12.7 Å². The Kier molecular flexibility index (Phi) is 6.90. The third kappa shape index (κ3) is 5.08. The number of nitrogens with zero attached hydrogens (tertiary/aromatic N) is 1. The Bertz CT molecular complexity index is 1390. The van der Waals surface area contributed by atoms with Crippen molar-refractivity contribution in [2.24, 2.45) is 0 Å². The van der Waals surface area contributed by atoms with Gasteiger partial charge in [0.2, 0.25) is 0 Å². The maximum atomic E-state index is 14.8. The van der Waals surface area contributed by atoms with Crippen LogP contribution in [0.25, 0.3) is 10.9 Å². The number of rotatable bonds is 6. The molecule has 0 saturated heterocycles. The number of fused-ring (bicyclic) bond motifs is 1. The molecule has 2 aromatic heterocycles. The van der Waals surface area contributed by atoms with E-state index >= 15 is 0 Å². The van der Waals surface area contributed by atoms with Crippen LogP contribution < -0.4 is 24.8 Å². The molecule has 0 bridgehead atoms. The second-order valence-corrected chi connectivity index (χ2v) is 8.80. The van der Waals surface area contributed by atoms with Gasteiger partial charge in [0.05, 0.1) is 24.6 Å². The predicted octanol–water partition coefficient (Wildman–Crippen LogP) is 5.68. The summed E-state index contributed by atoms with van der Waals surface area (Å²) in [5, 5.41) is 6.08. The first-order valence-electron chi connectivity index (χ1n) is 10.0. The number of methoxy groups -OCH3 is 2. The number of carbonyl (C=O) groups excluding carboxylic acids is 1. The normalized spacial score (nSPS) is 10.6. The van der Waals surface area contributed by atoms with Gasteiger partial charge in [-0.1, -0.05) is 0 Å². The third-order valence-electron chi connectivity index (χ3n) is 4.81. The zero-order valence-corrected chi connectivity index (χ0v) is 20.1. The topological polar surface area (TPSA) is 81.7 Å². The van der Waals surface area contributed by atoms with Gasteiger partial charge in [-0.25, -0.2) is 4.39 Å². The van der Waals surface area contributed by atoms with Crippen LogP contribution in [0.1, 0.15) is 14.5 Å². The number of benzene rings is 2. The van der Waals surface area contributed by atoms with Gasteiger partial charge >= 0.3 is 0 Å². The fraction of sp³-hybridized carbons (Fsp3) is 0.125. The molecule has 2 N–H and O–H groups in total. The molecule has 1 amide bonds. The van der Waals surface area contributed by atoms with E-state index in [1.54, 1.807) is 36.5 Å². The molecule has 0 saturated carbocycles. The fourth-order valence-corrected chi connectivity index (χ4v) is 4.17. The largest absolute Gasteiger partial charge is 0.493 e. The van der Waals surface area contributed by atoms with E-state index in [1.165, 1.54) is 37.7 Å².